The number of aromatic nitrogens is 2. The standard InChI is InChI=1S/C7H8N4O2/c1-13-7-10-5(8)3-2-4(12)9-6(3)11-7/h2H2,1H3,(H3,8,9,10,11,12). The van der Waals surface area contributed by atoms with Crippen LogP contribution in [0.4, 0.5) is 11.6 Å². The van der Waals surface area contributed by atoms with Gasteiger partial charge in [0.15, 0.2) is 0 Å². The Balaban J connectivity index is 2.52. The van der Waals surface area contributed by atoms with E-state index in [0.717, 1.165) is 0 Å². The molecule has 0 saturated heterocycles. The highest BCUT2D eigenvalue weighted by Gasteiger charge is 2.23. The molecule has 0 atom stereocenters. The zero-order valence-electron chi connectivity index (χ0n) is 7.00. The average Bonchev–Trinajstić information content (AvgIpc) is 2.46. The molecule has 0 spiro atoms. The number of anilines is 2. The number of carbonyl (C=O) groups excluding carboxylic acids is 1. The van der Waals surface area contributed by atoms with Crippen molar-refractivity contribution < 1.29 is 9.53 Å². The Labute approximate surface area is 74.1 Å². The molecule has 2 heterocycles. The molecule has 1 aromatic rings. The quantitative estimate of drug-likeness (QED) is 0.611. The van der Waals surface area contributed by atoms with Crippen molar-refractivity contribution in [3.8, 4) is 6.01 Å². The van der Waals surface area contributed by atoms with Gasteiger partial charge < -0.3 is 15.8 Å². The van der Waals surface area contributed by atoms with E-state index in [4.69, 9.17) is 10.5 Å². The van der Waals surface area contributed by atoms with Gasteiger partial charge >= 0.3 is 6.01 Å². The molecule has 3 N–H and O–H groups in total. The molecule has 0 bridgehead atoms. The summed E-state index contributed by atoms with van der Waals surface area (Å²) in [5.74, 6) is 0.624. The first-order valence-corrected chi connectivity index (χ1v) is 3.71. The molecular formula is C7H8N4O2. The second-order valence-corrected chi connectivity index (χ2v) is 2.65. The Hall–Kier alpha value is -1.85. The first-order chi connectivity index (χ1) is 6.20. The van der Waals surface area contributed by atoms with Crippen LogP contribution < -0.4 is 15.8 Å². The summed E-state index contributed by atoms with van der Waals surface area (Å²) >= 11 is 0. The number of nitrogens with one attached hydrogen (secondary N) is 1. The summed E-state index contributed by atoms with van der Waals surface area (Å²) in [6, 6.07) is 0.165. The summed E-state index contributed by atoms with van der Waals surface area (Å²) in [5, 5.41) is 2.56. The molecule has 68 valence electrons. The number of amides is 1. The van der Waals surface area contributed by atoms with Gasteiger partial charge in [0, 0.05) is 5.56 Å². The molecular weight excluding hydrogens is 172 g/mol. The number of ether oxygens (including phenoxy) is 1. The van der Waals surface area contributed by atoms with Crippen LogP contribution >= 0.6 is 0 Å². The van der Waals surface area contributed by atoms with Gasteiger partial charge in [-0.25, -0.2) is 0 Å². The van der Waals surface area contributed by atoms with Crippen LogP contribution in [0.25, 0.3) is 0 Å². The summed E-state index contributed by atoms with van der Waals surface area (Å²) < 4.78 is 4.80. The third-order valence-electron chi connectivity index (χ3n) is 1.80. The third-order valence-corrected chi connectivity index (χ3v) is 1.80. The summed E-state index contributed by atoms with van der Waals surface area (Å²) in [6.45, 7) is 0. The Morgan fingerprint density at radius 2 is 2.31 bits per heavy atom. The first-order valence-electron chi connectivity index (χ1n) is 3.71. The molecule has 1 amide bonds. The summed E-state index contributed by atoms with van der Waals surface area (Å²) in [4.78, 5) is 18.8. The maximum atomic E-state index is 11.0. The van der Waals surface area contributed by atoms with Crippen molar-refractivity contribution in [3.63, 3.8) is 0 Å². The molecule has 1 aliphatic heterocycles. The smallest absolute Gasteiger partial charge is 0.320 e. The van der Waals surface area contributed by atoms with Gasteiger partial charge in [0.2, 0.25) is 5.91 Å². The van der Waals surface area contributed by atoms with Gasteiger partial charge in [-0.1, -0.05) is 0 Å². The van der Waals surface area contributed by atoms with Crippen molar-refractivity contribution in [2.45, 2.75) is 6.42 Å². The van der Waals surface area contributed by atoms with Crippen LogP contribution in [-0.4, -0.2) is 23.0 Å². The minimum absolute atomic E-state index is 0.121. The molecule has 6 heteroatoms. The van der Waals surface area contributed by atoms with Crippen LogP contribution in [0.3, 0.4) is 0 Å². The maximum Gasteiger partial charge on any atom is 0.320 e. The van der Waals surface area contributed by atoms with Gasteiger partial charge in [-0.3, -0.25) is 4.79 Å². The minimum Gasteiger partial charge on any atom is -0.467 e. The lowest BCUT2D eigenvalue weighted by atomic mass is 10.2. The van der Waals surface area contributed by atoms with Crippen molar-refractivity contribution in [1.82, 2.24) is 9.97 Å². The predicted molar refractivity (Wildman–Crippen MR) is 45.3 cm³/mol. The van der Waals surface area contributed by atoms with Gasteiger partial charge in [0.25, 0.3) is 0 Å². The molecule has 0 aliphatic carbocycles. The summed E-state index contributed by atoms with van der Waals surface area (Å²) in [6.07, 6.45) is 0.241. The predicted octanol–water partition coefficient (Wildman–Crippen LogP) is -0.438. The lowest BCUT2D eigenvalue weighted by Crippen LogP contribution is -2.04. The van der Waals surface area contributed by atoms with E-state index in [1.165, 1.54) is 7.11 Å². The molecule has 2 rings (SSSR count). The minimum atomic E-state index is -0.121. The van der Waals surface area contributed by atoms with E-state index < -0.39 is 0 Å². The van der Waals surface area contributed by atoms with Crippen molar-refractivity contribution in [2.75, 3.05) is 18.2 Å². The molecule has 0 radical (unpaired) electrons. The molecule has 1 aliphatic rings. The fraction of sp³-hybridized carbons (Fsp3) is 0.286. The van der Waals surface area contributed by atoms with E-state index in [2.05, 4.69) is 15.3 Å². The Bertz CT molecular complexity index is 377. The van der Waals surface area contributed by atoms with Crippen LogP contribution in [-0.2, 0) is 11.2 Å². The number of nitrogens with zero attached hydrogens (tertiary/aromatic N) is 2. The number of carbonyl (C=O) groups is 1. The number of hydrogen-bond acceptors (Lipinski definition) is 5. The third kappa shape index (κ3) is 1.16. The van der Waals surface area contributed by atoms with Crippen LogP contribution in [0, 0.1) is 0 Å². The van der Waals surface area contributed by atoms with Crippen molar-refractivity contribution in [2.24, 2.45) is 0 Å². The Morgan fingerprint density at radius 3 is 3.00 bits per heavy atom. The van der Waals surface area contributed by atoms with Crippen LogP contribution in [0.1, 0.15) is 5.56 Å². The zero-order valence-corrected chi connectivity index (χ0v) is 7.00. The normalized spacial score (nSPS) is 13.8. The monoisotopic (exact) mass is 180 g/mol. The summed E-state index contributed by atoms with van der Waals surface area (Å²) in [7, 11) is 1.44. The highest BCUT2D eigenvalue weighted by Crippen LogP contribution is 2.26. The fourth-order valence-corrected chi connectivity index (χ4v) is 1.19. The Morgan fingerprint density at radius 1 is 1.54 bits per heavy atom. The molecule has 0 saturated carbocycles. The van der Waals surface area contributed by atoms with E-state index in [0.29, 0.717) is 17.2 Å². The van der Waals surface area contributed by atoms with Crippen LogP contribution in [0.2, 0.25) is 0 Å². The van der Waals surface area contributed by atoms with Gasteiger partial charge in [0.05, 0.1) is 13.5 Å². The highest BCUT2D eigenvalue weighted by atomic mass is 16.5. The van der Waals surface area contributed by atoms with Crippen molar-refractivity contribution in [3.05, 3.63) is 5.56 Å². The lowest BCUT2D eigenvalue weighted by molar-refractivity contribution is -0.115. The second kappa shape index (κ2) is 2.58. The number of fused-ring (bicyclic) bond motifs is 1. The van der Waals surface area contributed by atoms with Crippen LogP contribution in [0.5, 0.6) is 6.01 Å². The number of nitrogens with two attached hydrogens (primary N) is 1. The van der Waals surface area contributed by atoms with Gasteiger partial charge in [-0.2, -0.15) is 9.97 Å². The van der Waals surface area contributed by atoms with E-state index in [9.17, 15) is 4.79 Å². The Kier molecular flexibility index (Phi) is 1.54. The molecule has 1 aromatic heterocycles. The largest absolute Gasteiger partial charge is 0.467 e. The maximum absolute atomic E-state index is 11.0. The van der Waals surface area contributed by atoms with Crippen molar-refractivity contribution in [1.29, 1.82) is 0 Å². The van der Waals surface area contributed by atoms with Crippen molar-refractivity contribution >= 4 is 17.5 Å². The summed E-state index contributed by atoms with van der Waals surface area (Å²) in [5.41, 5.74) is 6.23. The number of rotatable bonds is 1. The molecule has 0 aromatic carbocycles. The highest BCUT2D eigenvalue weighted by molar-refractivity contribution is 5.99. The van der Waals surface area contributed by atoms with Gasteiger partial charge in [-0.05, 0) is 0 Å². The molecule has 6 nitrogen and oxygen atoms in total. The fourth-order valence-electron chi connectivity index (χ4n) is 1.19. The number of nitrogen functional groups attached to an aromatic ring is 1. The topological polar surface area (TPSA) is 90.1 Å². The lowest BCUT2D eigenvalue weighted by Gasteiger charge is -2.03. The first kappa shape index (κ1) is 7.78. The average molecular weight is 180 g/mol. The van der Waals surface area contributed by atoms with E-state index in [-0.39, 0.29) is 18.3 Å². The van der Waals surface area contributed by atoms with E-state index in [1.54, 1.807) is 0 Å². The molecule has 13 heavy (non-hydrogen) atoms. The van der Waals surface area contributed by atoms with E-state index >= 15 is 0 Å². The zero-order chi connectivity index (χ0) is 9.42. The molecule has 0 unspecified atom stereocenters. The van der Waals surface area contributed by atoms with E-state index in [1.807, 2.05) is 0 Å². The van der Waals surface area contributed by atoms with Crippen LogP contribution in [0.15, 0.2) is 0 Å². The SMILES string of the molecule is COc1nc(N)c2c(n1)NC(=O)C2. The number of methoxy groups -OCH3 is 1. The number of hydrogen-bond donors (Lipinski definition) is 2. The van der Waals surface area contributed by atoms with Gasteiger partial charge in [-0.15, -0.1) is 0 Å². The van der Waals surface area contributed by atoms with Gasteiger partial charge in [0.1, 0.15) is 11.6 Å². The molecule has 0 fully saturated rings. The second-order valence-electron chi connectivity index (χ2n) is 2.65.